The van der Waals surface area contributed by atoms with Crippen LogP contribution in [0.2, 0.25) is 0 Å². The molecule has 3 N–H and O–H groups in total. The van der Waals surface area contributed by atoms with Gasteiger partial charge in [-0.2, -0.15) is 0 Å². The molecule has 3 rings (SSSR count). The van der Waals surface area contributed by atoms with E-state index in [0.29, 0.717) is 18.0 Å². The van der Waals surface area contributed by atoms with E-state index in [4.69, 9.17) is 10.5 Å². The van der Waals surface area contributed by atoms with E-state index in [2.05, 4.69) is 5.32 Å². The first-order valence-electron chi connectivity index (χ1n) is 8.73. The minimum absolute atomic E-state index is 0.201. The molecule has 0 aliphatic heterocycles. The maximum atomic E-state index is 12.1. The fourth-order valence-electron chi connectivity index (χ4n) is 2.55. The Morgan fingerprint density at radius 3 is 2.48 bits per heavy atom. The van der Waals surface area contributed by atoms with Crippen LogP contribution in [0.25, 0.3) is 6.08 Å². The maximum absolute atomic E-state index is 12.1. The molecule has 0 saturated carbocycles. The highest BCUT2D eigenvalue weighted by atomic mass is 16.5. The van der Waals surface area contributed by atoms with E-state index in [1.807, 2.05) is 79.7 Å². The van der Waals surface area contributed by atoms with Crippen molar-refractivity contribution in [2.24, 2.45) is 0 Å². The van der Waals surface area contributed by atoms with Crippen molar-refractivity contribution >= 4 is 23.4 Å². The van der Waals surface area contributed by atoms with Crippen molar-refractivity contribution in [3.8, 4) is 5.75 Å². The number of rotatable bonds is 6. The molecule has 3 aromatic carbocycles. The number of nitrogens with one attached hydrogen (secondary N) is 1. The molecule has 0 unspecified atom stereocenters. The maximum Gasteiger partial charge on any atom is 0.248 e. The Morgan fingerprint density at radius 2 is 1.74 bits per heavy atom. The summed E-state index contributed by atoms with van der Waals surface area (Å²) < 4.78 is 5.76. The number of nitrogen functional groups attached to an aromatic ring is 1. The zero-order valence-electron chi connectivity index (χ0n) is 15.2. The highest BCUT2D eigenvalue weighted by Crippen LogP contribution is 2.20. The molecule has 0 aromatic heterocycles. The number of ether oxygens (including phenoxy) is 1. The molecule has 0 fully saturated rings. The number of carbonyl (C=O) groups excluding carboxylic acids is 1. The Balaban J connectivity index is 1.55. The minimum Gasteiger partial charge on any atom is -0.489 e. The highest BCUT2D eigenvalue weighted by molar-refractivity contribution is 6.02. The van der Waals surface area contributed by atoms with Gasteiger partial charge in [0, 0.05) is 17.5 Å². The second-order valence-corrected chi connectivity index (χ2v) is 6.19. The normalized spacial score (nSPS) is 10.7. The standard InChI is InChI=1S/C23H22N2O2/c1-17-21(24)8-5-9-22(17)25-23(26)15-12-18-10-13-20(14-11-18)27-16-19-6-3-2-4-7-19/h2-15H,16,24H2,1H3,(H,25,26)/b15-12+. The summed E-state index contributed by atoms with van der Waals surface area (Å²) in [6, 6.07) is 23.1. The Morgan fingerprint density at radius 1 is 1.00 bits per heavy atom. The Labute approximate surface area is 159 Å². The van der Waals surface area contributed by atoms with Crippen molar-refractivity contribution in [2.75, 3.05) is 11.1 Å². The number of hydrogen-bond donors (Lipinski definition) is 2. The van der Waals surface area contributed by atoms with E-state index >= 15 is 0 Å². The molecule has 0 spiro atoms. The van der Waals surface area contributed by atoms with Gasteiger partial charge in [0.25, 0.3) is 0 Å². The molecule has 136 valence electrons. The van der Waals surface area contributed by atoms with Crippen LogP contribution in [0.15, 0.2) is 78.9 Å². The summed E-state index contributed by atoms with van der Waals surface area (Å²) >= 11 is 0. The van der Waals surface area contributed by atoms with Gasteiger partial charge in [-0.15, -0.1) is 0 Å². The van der Waals surface area contributed by atoms with Crippen molar-refractivity contribution in [2.45, 2.75) is 13.5 Å². The van der Waals surface area contributed by atoms with Crippen LogP contribution < -0.4 is 15.8 Å². The molecule has 27 heavy (non-hydrogen) atoms. The highest BCUT2D eigenvalue weighted by Gasteiger charge is 2.03. The second kappa shape index (κ2) is 8.72. The van der Waals surface area contributed by atoms with E-state index in [1.54, 1.807) is 6.08 Å². The van der Waals surface area contributed by atoms with Gasteiger partial charge >= 0.3 is 0 Å². The topological polar surface area (TPSA) is 64.3 Å². The summed E-state index contributed by atoms with van der Waals surface area (Å²) in [6.45, 7) is 2.40. The molecule has 0 aliphatic rings. The number of hydrogen-bond acceptors (Lipinski definition) is 3. The molecular formula is C23H22N2O2. The fraction of sp³-hybridized carbons (Fsp3) is 0.0870. The zero-order chi connectivity index (χ0) is 19.1. The first kappa shape index (κ1) is 18.3. The lowest BCUT2D eigenvalue weighted by Gasteiger charge is -2.08. The van der Waals surface area contributed by atoms with Crippen LogP contribution in [-0.2, 0) is 11.4 Å². The van der Waals surface area contributed by atoms with Crippen LogP contribution in [0, 0.1) is 6.92 Å². The number of anilines is 2. The van der Waals surface area contributed by atoms with Crippen molar-refractivity contribution in [3.05, 3.63) is 95.6 Å². The van der Waals surface area contributed by atoms with Crippen LogP contribution in [-0.4, -0.2) is 5.91 Å². The predicted octanol–water partition coefficient (Wildman–Crippen LogP) is 4.81. The zero-order valence-corrected chi connectivity index (χ0v) is 15.2. The molecule has 0 aliphatic carbocycles. The van der Waals surface area contributed by atoms with Crippen molar-refractivity contribution in [1.29, 1.82) is 0 Å². The van der Waals surface area contributed by atoms with E-state index in [-0.39, 0.29) is 5.91 Å². The molecule has 0 radical (unpaired) electrons. The van der Waals surface area contributed by atoms with Crippen LogP contribution in [0.5, 0.6) is 5.75 Å². The minimum atomic E-state index is -0.201. The number of nitrogens with two attached hydrogens (primary N) is 1. The summed E-state index contributed by atoms with van der Waals surface area (Å²) in [4.78, 5) is 12.1. The van der Waals surface area contributed by atoms with Gasteiger partial charge in [-0.3, -0.25) is 4.79 Å². The van der Waals surface area contributed by atoms with Gasteiger partial charge in [-0.1, -0.05) is 48.5 Å². The van der Waals surface area contributed by atoms with Gasteiger partial charge in [0.2, 0.25) is 5.91 Å². The van der Waals surface area contributed by atoms with Gasteiger partial charge < -0.3 is 15.8 Å². The van der Waals surface area contributed by atoms with Crippen LogP contribution in [0.3, 0.4) is 0 Å². The fourth-order valence-corrected chi connectivity index (χ4v) is 2.55. The molecular weight excluding hydrogens is 336 g/mol. The molecule has 0 atom stereocenters. The molecule has 0 bridgehead atoms. The van der Waals surface area contributed by atoms with Crippen LogP contribution in [0.4, 0.5) is 11.4 Å². The third kappa shape index (κ3) is 5.22. The monoisotopic (exact) mass is 358 g/mol. The van der Waals surface area contributed by atoms with Crippen molar-refractivity contribution in [1.82, 2.24) is 0 Å². The number of amides is 1. The Hall–Kier alpha value is -3.53. The number of benzene rings is 3. The summed E-state index contributed by atoms with van der Waals surface area (Å²) in [5, 5.41) is 2.84. The third-order valence-corrected chi connectivity index (χ3v) is 4.19. The first-order chi connectivity index (χ1) is 13.1. The van der Waals surface area contributed by atoms with E-state index < -0.39 is 0 Å². The van der Waals surface area contributed by atoms with E-state index in [9.17, 15) is 4.79 Å². The summed E-state index contributed by atoms with van der Waals surface area (Å²) in [7, 11) is 0. The van der Waals surface area contributed by atoms with Crippen LogP contribution >= 0.6 is 0 Å². The summed E-state index contributed by atoms with van der Waals surface area (Å²) in [5.41, 5.74) is 10.1. The first-order valence-corrected chi connectivity index (χ1v) is 8.73. The lowest BCUT2D eigenvalue weighted by atomic mass is 10.1. The van der Waals surface area contributed by atoms with Gasteiger partial charge in [0.05, 0.1) is 0 Å². The van der Waals surface area contributed by atoms with Crippen LogP contribution in [0.1, 0.15) is 16.7 Å². The lowest BCUT2D eigenvalue weighted by Crippen LogP contribution is -2.09. The lowest BCUT2D eigenvalue weighted by molar-refractivity contribution is -0.111. The summed E-state index contributed by atoms with van der Waals surface area (Å²) in [6.07, 6.45) is 3.26. The molecule has 0 saturated heterocycles. The molecule has 0 heterocycles. The molecule has 4 nitrogen and oxygen atoms in total. The van der Waals surface area contributed by atoms with Gasteiger partial charge in [0.15, 0.2) is 0 Å². The quantitative estimate of drug-likeness (QED) is 0.491. The van der Waals surface area contributed by atoms with E-state index in [0.717, 1.165) is 22.4 Å². The predicted molar refractivity (Wildman–Crippen MR) is 110 cm³/mol. The van der Waals surface area contributed by atoms with E-state index in [1.165, 1.54) is 6.08 Å². The molecule has 3 aromatic rings. The van der Waals surface area contributed by atoms with Gasteiger partial charge in [-0.05, 0) is 54.0 Å². The van der Waals surface area contributed by atoms with Crippen molar-refractivity contribution < 1.29 is 9.53 Å². The van der Waals surface area contributed by atoms with Crippen molar-refractivity contribution in [3.63, 3.8) is 0 Å². The molecule has 1 amide bonds. The SMILES string of the molecule is Cc1c(N)cccc1NC(=O)/C=C/c1ccc(OCc2ccccc2)cc1. The Bertz CT molecular complexity index is 932. The number of carbonyl (C=O) groups is 1. The Kier molecular flexibility index (Phi) is 5.90. The third-order valence-electron chi connectivity index (χ3n) is 4.19. The van der Waals surface area contributed by atoms with Gasteiger partial charge in [-0.25, -0.2) is 0 Å². The second-order valence-electron chi connectivity index (χ2n) is 6.19. The molecule has 4 heteroatoms. The average Bonchev–Trinajstić information content (AvgIpc) is 2.70. The average molecular weight is 358 g/mol. The largest absolute Gasteiger partial charge is 0.489 e. The van der Waals surface area contributed by atoms with Gasteiger partial charge in [0.1, 0.15) is 12.4 Å². The summed E-state index contributed by atoms with van der Waals surface area (Å²) in [5.74, 6) is 0.587. The smallest absolute Gasteiger partial charge is 0.248 e.